The highest BCUT2D eigenvalue weighted by atomic mass is 16.7. The number of aromatic nitrogens is 1. The molecule has 0 atom stereocenters. The van der Waals surface area contributed by atoms with Gasteiger partial charge in [-0.2, -0.15) is 0 Å². The second kappa shape index (κ2) is 3.10. The van der Waals surface area contributed by atoms with Gasteiger partial charge in [-0.15, -0.1) is 0 Å². The number of hydrogen-bond acceptors (Lipinski definition) is 4. The van der Waals surface area contributed by atoms with E-state index in [-0.39, 0.29) is 12.5 Å². The number of carboxylic acids is 1. The normalized spacial score (nSPS) is 13.0. The Hall–Kier alpha value is -2.30. The summed E-state index contributed by atoms with van der Waals surface area (Å²) in [6, 6.07) is 6.64. The van der Waals surface area contributed by atoms with Gasteiger partial charge in [-0.3, -0.25) is 0 Å². The summed E-state index contributed by atoms with van der Waals surface area (Å²) in [7, 11) is 0. The summed E-state index contributed by atoms with van der Waals surface area (Å²) in [5.74, 6) is 0.222. The van der Waals surface area contributed by atoms with Gasteiger partial charge in [0.05, 0.1) is 5.52 Å². The molecule has 1 aliphatic rings. The van der Waals surface area contributed by atoms with Crippen LogP contribution in [0.25, 0.3) is 10.9 Å². The Kier molecular flexibility index (Phi) is 1.73. The van der Waals surface area contributed by atoms with E-state index < -0.39 is 5.97 Å². The second-order valence-electron chi connectivity index (χ2n) is 3.40. The number of fused-ring (bicyclic) bond motifs is 2. The van der Waals surface area contributed by atoms with Gasteiger partial charge in [-0.05, 0) is 12.1 Å². The minimum Gasteiger partial charge on any atom is -0.477 e. The number of carboxylic acid groups (broad SMARTS) is 1. The maximum absolute atomic E-state index is 10.8. The number of carbonyl (C=O) groups is 1. The predicted octanol–water partition coefficient (Wildman–Crippen LogP) is 1.66. The number of benzene rings is 1. The maximum Gasteiger partial charge on any atom is 0.354 e. The van der Waals surface area contributed by atoms with Crippen LogP contribution in [-0.2, 0) is 0 Å². The number of nitrogens with zero attached hydrogens (tertiary/aromatic N) is 1. The average Bonchev–Trinajstić information content (AvgIpc) is 2.71. The van der Waals surface area contributed by atoms with E-state index in [9.17, 15) is 4.79 Å². The van der Waals surface area contributed by atoms with Crippen LogP contribution in [0.5, 0.6) is 11.5 Å². The fourth-order valence-electron chi connectivity index (χ4n) is 1.63. The van der Waals surface area contributed by atoms with Crippen molar-refractivity contribution in [2.45, 2.75) is 0 Å². The van der Waals surface area contributed by atoms with E-state index in [2.05, 4.69) is 4.98 Å². The fraction of sp³-hybridized carbons (Fsp3) is 0.0909. The quantitative estimate of drug-likeness (QED) is 0.786. The lowest BCUT2D eigenvalue weighted by Gasteiger charge is -2.01. The van der Waals surface area contributed by atoms with Crippen molar-refractivity contribution in [2.24, 2.45) is 0 Å². The molecule has 0 amide bonds. The molecule has 5 nitrogen and oxygen atoms in total. The van der Waals surface area contributed by atoms with E-state index in [0.717, 1.165) is 5.39 Å². The molecule has 2 aromatic rings. The van der Waals surface area contributed by atoms with Gasteiger partial charge < -0.3 is 14.6 Å². The van der Waals surface area contributed by atoms with Gasteiger partial charge in [0, 0.05) is 11.5 Å². The molecule has 0 radical (unpaired) electrons. The van der Waals surface area contributed by atoms with Gasteiger partial charge in [0.1, 0.15) is 5.69 Å². The Morgan fingerprint density at radius 2 is 2.00 bits per heavy atom. The molecule has 1 aromatic carbocycles. The van der Waals surface area contributed by atoms with Gasteiger partial charge in [0.25, 0.3) is 0 Å². The van der Waals surface area contributed by atoms with Crippen molar-refractivity contribution in [3.05, 3.63) is 30.0 Å². The van der Waals surface area contributed by atoms with Crippen LogP contribution >= 0.6 is 0 Å². The molecular formula is C11H7NO4. The van der Waals surface area contributed by atoms with Gasteiger partial charge in [-0.1, -0.05) is 6.07 Å². The molecule has 80 valence electrons. The number of ether oxygens (including phenoxy) is 2. The number of hydrogen-bond donors (Lipinski definition) is 1. The lowest BCUT2D eigenvalue weighted by atomic mass is 10.2. The Balaban J connectivity index is 2.24. The van der Waals surface area contributed by atoms with Gasteiger partial charge in [0.15, 0.2) is 11.5 Å². The molecule has 16 heavy (non-hydrogen) atoms. The minimum absolute atomic E-state index is 0.0198. The zero-order valence-electron chi connectivity index (χ0n) is 8.14. The van der Waals surface area contributed by atoms with E-state index >= 15 is 0 Å². The van der Waals surface area contributed by atoms with Crippen molar-refractivity contribution in [1.29, 1.82) is 0 Å². The summed E-state index contributed by atoms with van der Waals surface area (Å²) in [5.41, 5.74) is 0.607. The highest BCUT2D eigenvalue weighted by Gasteiger charge is 2.15. The van der Waals surface area contributed by atoms with Crippen LogP contribution in [-0.4, -0.2) is 22.9 Å². The zero-order chi connectivity index (χ0) is 11.1. The van der Waals surface area contributed by atoms with Crippen molar-refractivity contribution in [3.63, 3.8) is 0 Å². The lowest BCUT2D eigenvalue weighted by Crippen LogP contribution is -1.99. The summed E-state index contributed by atoms with van der Waals surface area (Å²) in [5, 5.41) is 9.65. The third-order valence-electron chi connectivity index (χ3n) is 2.40. The maximum atomic E-state index is 10.8. The van der Waals surface area contributed by atoms with Crippen molar-refractivity contribution in [3.8, 4) is 11.5 Å². The van der Waals surface area contributed by atoms with Crippen LogP contribution in [0, 0.1) is 0 Å². The molecule has 3 rings (SSSR count). The van der Waals surface area contributed by atoms with Crippen LogP contribution < -0.4 is 9.47 Å². The van der Waals surface area contributed by atoms with E-state index in [4.69, 9.17) is 14.6 Å². The number of aromatic carboxylic acids is 1. The first-order valence-corrected chi connectivity index (χ1v) is 4.68. The zero-order valence-corrected chi connectivity index (χ0v) is 8.14. The highest BCUT2D eigenvalue weighted by Crippen LogP contribution is 2.35. The summed E-state index contributed by atoms with van der Waals surface area (Å²) in [6.07, 6.45) is 0. The number of pyridine rings is 1. The standard InChI is InChI=1S/C11H7NO4/c13-11(14)7-2-1-6-3-9-10(16-5-15-9)4-8(6)12-7/h1-4H,5H2,(H,13,14). The molecule has 0 aliphatic carbocycles. The molecule has 1 aromatic heterocycles. The second-order valence-corrected chi connectivity index (χ2v) is 3.40. The van der Waals surface area contributed by atoms with Crippen LogP contribution in [0.4, 0.5) is 0 Å². The molecule has 5 heteroatoms. The van der Waals surface area contributed by atoms with E-state index in [1.165, 1.54) is 6.07 Å². The first-order valence-electron chi connectivity index (χ1n) is 4.68. The summed E-state index contributed by atoms with van der Waals surface area (Å²) in [6.45, 7) is 0.192. The van der Waals surface area contributed by atoms with Crippen molar-refractivity contribution >= 4 is 16.9 Å². The van der Waals surface area contributed by atoms with Gasteiger partial charge in [0.2, 0.25) is 6.79 Å². The smallest absolute Gasteiger partial charge is 0.354 e. The predicted molar refractivity (Wildman–Crippen MR) is 54.8 cm³/mol. The van der Waals surface area contributed by atoms with Gasteiger partial charge in [-0.25, -0.2) is 9.78 Å². The largest absolute Gasteiger partial charge is 0.477 e. The molecule has 0 spiro atoms. The third kappa shape index (κ3) is 1.25. The molecular weight excluding hydrogens is 210 g/mol. The van der Waals surface area contributed by atoms with Crippen molar-refractivity contribution in [2.75, 3.05) is 6.79 Å². The molecule has 0 unspecified atom stereocenters. The van der Waals surface area contributed by atoms with Crippen LogP contribution in [0.3, 0.4) is 0 Å². The van der Waals surface area contributed by atoms with Crippen LogP contribution in [0.1, 0.15) is 10.5 Å². The van der Waals surface area contributed by atoms with Gasteiger partial charge >= 0.3 is 5.97 Å². The summed E-state index contributed by atoms with van der Waals surface area (Å²) in [4.78, 5) is 14.8. The summed E-state index contributed by atoms with van der Waals surface area (Å²) < 4.78 is 10.4. The fourth-order valence-corrected chi connectivity index (χ4v) is 1.63. The Bertz CT molecular complexity index is 594. The molecule has 0 saturated carbocycles. The highest BCUT2D eigenvalue weighted by molar-refractivity contribution is 5.90. The van der Waals surface area contributed by atoms with E-state index in [0.29, 0.717) is 17.0 Å². The Morgan fingerprint density at radius 1 is 1.25 bits per heavy atom. The molecule has 2 heterocycles. The topological polar surface area (TPSA) is 68.7 Å². The van der Waals surface area contributed by atoms with E-state index in [1.54, 1.807) is 18.2 Å². The molecule has 1 aliphatic heterocycles. The molecule has 1 N–H and O–H groups in total. The number of rotatable bonds is 1. The minimum atomic E-state index is -1.04. The van der Waals surface area contributed by atoms with E-state index in [1.807, 2.05) is 0 Å². The molecule has 0 bridgehead atoms. The lowest BCUT2D eigenvalue weighted by molar-refractivity contribution is 0.0691. The third-order valence-corrected chi connectivity index (χ3v) is 2.40. The Morgan fingerprint density at radius 3 is 2.75 bits per heavy atom. The van der Waals surface area contributed by atoms with Crippen LogP contribution in [0.2, 0.25) is 0 Å². The Labute approximate surface area is 90.2 Å². The average molecular weight is 217 g/mol. The van der Waals surface area contributed by atoms with Crippen LogP contribution in [0.15, 0.2) is 24.3 Å². The van der Waals surface area contributed by atoms with Crippen molar-refractivity contribution in [1.82, 2.24) is 4.98 Å². The molecule has 0 fully saturated rings. The summed E-state index contributed by atoms with van der Waals surface area (Å²) >= 11 is 0. The van der Waals surface area contributed by atoms with Crippen molar-refractivity contribution < 1.29 is 19.4 Å². The first-order chi connectivity index (χ1) is 7.74. The monoisotopic (exact) mass is 217 g/mol. The first kappa shape index (κ1) is 8.96. The molecule has 0 saturated heterocycles. The SMILES string of the molecule is O=C(O)c1ccc2cc3c(cc2n1)OCO3.